The normalized spacial score (nSPS) is 27.1. The fourth-order valence-corrected chi connectivity index (χ4v) is 4.14. The van der Waals surface area contributed by atoms with E-state index in [2.05, 4.69) is 0 Å². The number of rotatable bonds is 3. The standard InChI is InChI=1S/C15H20F3NOS/c1-19(2)9-13-10-21-8-7-14(13,20)11-3-5-12(6-4-11)15(16,17)18/h3-6,13,20H,7-10H2,1-2H3/p+1/t13-,14-/m0/s1. The molecular formula is C15H21F3NOS+. The molecule has 1 aliphatic rings. The van der Waals surface area contributed by atoms with Gasteiger partial charge in [-0.1, -0.05) is 12.1 Å². The molecule has 0 radical (unpaired) electrons. The summed E-state index contributed by atoms with van der Waals surface area (Å²) in [6.07, 6.45) is -3.75. The summed E-state index contributed by atoms with van der Waals surface area (Å²) in [6.45, 7) is 0.796. The molecule has 0 bridgehead atoms. The minimum Gasteiger partial charge on any atom is -0.385 e. The fraction of sp³-hybridized carbons (Fsp3) is 0.600. The number of benzene rings is 1. The molecule has 1 heterocycles. The molecular weight excluding hydrogens is 299 g/mol. The second-order valence-electron chi connectivity index (χ2n) is 5.93. The van der Waals surface area contributed by atoms with Crippen molar-refractivity contribution in [1.29, 1.82) is 0 Å². The lowest BCUT2D eigenvalue weighted by Gasteiger charge is -2.40. The first kappa shape index (κ1) is 16.6. The first-order chi connectivity index (χ1) is 9.73. The Kier molecular flexibility index (Phi) is 4.90. The molecule has 1 fully saturated rings. The Morgan fingerprint density at radius 2 is 1.90 bits per heavy atom. The van der Waals surface area contributed by atoms with Crippen LogP contribution in [0.4, 0.5) is 13.2 Å². The van der Waals surface area contributed by atoms with Crippen LogP contribution in [-0.4, -0.2) is 37.3 Å². The van der Waals surface area contributed by atoms with Crippen molar-refractivity contribution in [2.45, 2.75) is 18.2 Å². The molecule has 21 heavy (non-hydrogen) atoms. The third kappa shape index (κ3) is 3.73. The van der Waals surface area contributed by atoms with Gasteiger partial charge in [0.1, 0.15) is 0 Å². The summed E-state index contributed by atoms with van der Waals surface area (Å²) in [5.74, 6) is 1.72. The molecule has 2 rings (SSSR count). The lowest BCUT2D eigenvalue weighted by atomic mass is 9.79. The van der Waals surface area contributed by atoms with E-state index in [1.807, 2.05) is 14.1 Å². The van der Waals surface area contributed by atoms with Crippen LogP contribution in [0.2, 0.25) is 0 Å². The summed E-state index contributed by atoms with van der Waals surface area (Å²) in [5, 5.41) is 11.0. The largest absolute Gasteiger partial charge is 0.416 e. The molecule has 1 aliphatic heterocycles. The molecule has 118 valence electrons. The van der Waals surface area contributed by atoms with Crippen molar-refractivity contribution in [3.05, 3.63) is 35.4 Å². The lowest BCUT2D eigenvalue weighted by molar-refractivity contribution is -0.863. The summed E-state index contributed by atoms with van der Waals surface area (Å²) >= 11 is 1.80. The molecule has 0 aliphatic carbocycles. The predicted molar refractivity (Wildman–Crippen MR) is 78.5 cm³/mol. The first-order valence-corrected chi connectivity index (χ1v) is 8.16. The molecule has 0 unspecified atom stereocenters. The topological polar surface area (TPSA) is 24.7 Å². The zero-order chi connectivity index (χ0) is 15.7. The summed E-state index contributed by atoms with van der Waals surface area (Å²) in [5.41, 5.74) is -1.09. The Balaban J connectivity index is 2.28. The van der Waals surface area contributed by atoms with Crippen LogP contribution in [0.3, 0.4) is 0 Å². The maximum absolute atomic E-state index is 12.6. The monoisotopic (exact) mass is 320 g/mol. The highest BCUT2D eigenvalue weighted by Crippen LogP contribution is 2.40. The van der Waals surface area contributed by atoms with Gasteiger partial charge in [0, 0.05) is 5.75 Å². The van der Waals surface area contributed by atoms with Gasteiger partial charge in [-0.2, -0.15) is 24.9 Å². The second kappa shape index (κ2) is 6.18. The van der Waals surface area contributed by atoms with Crippen molar-refractivity contribution in [3.63, 3.8) is 0 Å². The van der Waals surface area contributed by atoms with Crippen LogP contribution in [0.25, 0.3) is 0 Å². The number of nitrogens with one attached hydrogen (secondary N) is 1. The molecule has 0 amide bonds. The van der Waals surface area contributed by atoms with Crippen LogP contribution >= 0.6 is 11.8 Å². The average Bonchev–Trinajstić information content (AvgIpc) is 2.40. The highest BCUT2D eigenvalue weighted by atomic mass is 32.2. The summed E-state index contributed by atoms with van der Waals surface area (Å²) in [7, 11) is 4.04. The van der Waals surface area contributed by atoms with E-state index in [4.69, 9.17) is 0 Å². The zero-order valence-corrected chi connectivity index (χ0v) is 13.0. The van der Waals surface area contributed by atoms with Crippen LogP contribution < -0.4 is 4.90 Å². The smallest absolute Gasteiger partial charge is 0.385 e. The van der Waals surface area contributed by atoms with Gasteiger partial charge in [0.2, 0.25) is 0 Å². The van der Waals surface area contributed by atoms with Gasteiger partial charge in [-0.15, -0.1) is 0 Å². The molecule has 0 aromatic heterocycles. The van der Waals surface area contributed by atoms with Gasteiger partial charge < -0.3 is 10.0 Å². The SMILES string of the molecule is C[NH+](C)C[C@H]1CSCC[C@]1(O)c1ccc(C(F)(F)F)cc1. The predicted octanol–water partition coefficient (Wildman–Crippen LogP) is 1.79. The van der Waals surface area contributed by atoms with Gasteiger partial charge in [0.05, 0.1) is 37.7 Å². The molecule has 0 spiro atoms. The molecule has 1 saturated heterocycles. The Bertz CT molecular complexity index is 475. The van der Waals surface area contributed by atoms with Gasteiger partial charge in [-0.05, 0) is 29.9 Å². The van der Waals surface area contributed by atoms with Crippen LogP contribution in [0.1, 0.15) is 17.5 Å². The lowest BCUT2D eigenvalue weighted by Crippen LogP contribution is -3.07. The Morgan fingerprint density at radius 1 is 1.29 bits per heavy atom. The molecule has 1 aromatic carbocycles. The van der Waals surface area contributed by atoms with E-state index >= 15 is 0 Å². The Hall–Kier alpha value is -0.720. The van der Waals surface area contributed by atoms with E-state index in [1.165, 1.54) is 17.0 Å². The van der Waals surface area contributed by atoms with Crippen molar-refractivity contribution in [3.8, 4) is 0 Å². The van der Waals surface area contributed by atoms with Crippen LogP contribution in [-0.2, 0) is 11.8 Å². The van der Waals surface area contributed by atoms with E-state index in [-0.39, 0.29) is 5.92 Å². The minimum absolute atomic E-state index is 0.0537. The number of halogens is 3. The third-order valence-electron chi connectivity index (χ3n) is 3.99. The Labute approximate surface area is 127 Å². The summed E-state index contributed by atoms with van der Waals surface area (Å²) < 4.78 is 37.9. The average molecular weight is 320 g/mol. The number of aliphatic hydroxyl groups is 1. The maximum atomic E-state index is 12.6. The molecule has 2 nitrogen and oxygen atoms in total. The van der Waals surface area contributed by atoms with Gasteiger partial charge >= 0.3 is 6.18 Å². The third-order valence-corrected chi connectivity index (χ3v) is 5.12. The van der Waals surface area contributed by atoms with E-state index in [1.54, 1.807) is 11.8 Å². The molecule has 1 aromatic rings. The van der Waals surface area contributed by atoms with Crippen LogP contribution in [0.5, 0.6) is 0 Å². The number of hydrogen-bond acceptors (Lipinski definition) is 2. The van der Waals surface area contributed by atoms with Gasteiger partial charge in [-0.3, -0.25) is 0 Å². The van der Waals surface area contributed by atoms with Crippen LogP contribution in [0, 0.1) is 5.92 Å². The first-order valence-electron chi connectivity index (χ1n) is 7.00. The van der Waals surface area contributed by atoms with Gasteiger partial charge in [-0.25, -0.2) is 0 Å². The van der Waals surface area contributed by atoms with Crippen molar-refractivity contribution >= 4 is 11.8 Å². The van der Waals surface area contributed by atoms with E-state index < -0.39 is 17.3 Å². The molecule has 0 saturated carbocycles. The van der Waals surface area contributed by atoms with Gasteiger partial charge in [0.25, 0.3) is 0 Å². The maximum Gasteiger partial charge on any atom is 0.416 e. The minimum atomic E-state index is -4.34. The van der Waals surface area contributed by atoms with E-state index in [9.17, 15) is 18.3 Å². The quantitative estimate of drug-likeness (QED) is 0.888. The van der Waals surface area contributed by atoms with Crippen molar-refractivity contribution in [2.75, 3.05) is 32.1 Å². The number of quaternary nitrogens is 1. The van der Waals surface area contributed by atoms with Crippen molar-refractivity contribution in [1.82, 2.24) is 0 Å². The number of hydrogen-bond donors (Lipinski definition) is 2. The van der Waals surface area contributed by atoms with E-state index in [0.29, 0.717) is 12.0 Å². The van der Waals surface area contributed by atoms with E-state index in [0.717, 1.165) is 30.2 Å². The second-order valence-corrected chi connectivity index (χ2v) is 7.08. The summed E-state index contributed by atoms with van der Waals surface area (Å²) in [4.78, 5) is 1.23. The summed E-state index contributed by atoms with van der Waals surface area (Å²) in [6, 6.07) is 4.98. The highest BCUT2D eigenvalue weighted by molar-refractivity contribution is 7.99. The molecule has 2 N–H and O–H groups in total. The molecule has 2 atom stereocenters. The van der Waals surface area contributed by atoms with Gasteiger partial charge in [0.15, 0.2) is 0 Å². The number of thioether (sulfide) groups is 1. The highest BCUT2D eigenvalue weighted by Gasteiger charge is 2.42. The Morgan fingerprint density at radius 3 is 2.43 bits per heavy atom. The number of alkyl halides is 3. The fourth-order valence-electron chi connectivity index (χ4n) is 2.84. The van der Waals surface area contributed by atoms with Crippen LogP contribution in [0.15, 0.2) is 24.3 Å². The van der Waals surface area contributed by atoms with Crippen molar-refractivity contribution < 1.29 is 23.2 Å². The molecule has 6 heteroatoms. The van der Waals surface area contributed by atoms with Crippen molar-refractivity contribution in [2.24, 2.45) is 5.92 Å². The zero-order valence-electron chi connectivity index (χ0n) is 12.2.